The molecule has 2 aromatic rings. The molecule has 188 valence electrons. The number of hydrogen-bond donors (Lipinski definition) is 3. The van der Waals surface area contributed by atoms with Crippen LogP contribution in [0.15, 0.2) is 39.5 Å². The highest BCUT2D eigenvalue weighted by atomic mass is 16.5. The summed E-state index contributed by atoms with van der Waals surface area (Å²) < 4.78 is 17.1. The average Bonchev–Trinajstić information content (AvgIpc) is 2.81. The predicted molar refractivity (Wildman–Crippen MR) is 126 cm³/mol. The number of aliphatic hydroxyl groups excluding tert-OH is 1. The quantitative estimate of drug-likeness (QED) is 0.594. The van der Waals surface area contributed by atoms with E-state index in [2.05, 4.69) is 0 Å². The number of benzene rings is 1. The van der Waals surface area contributed by atoms with Gasteiger partial charge in [0, 0.05) is 29.9 Å². The van der Waals surface area contributed by atoms with E-state index in [1.165, 1.54) is 0 Å². The van der Waals surface area contributed by atoms with Gasteiger partial charge in [0.15, 0.2) is 0 Å². The van der Waals surface area contributed by atoms with Crippen molar-refractivity contribution in [3.63, 3.8) is 0 Å². The van der Waals surface area contributed by atoms with Gasteiger partial charge in [-0.1, -0.05) is 13.8 Å². The molecule has 8 nitrogen and oxygen atoms in total. The summed E-state index contributed by atoms with van der Waals surface area (Å²) in [5.41, 5.74) is -7.56. The first-order chi connectivity index (χ1) is 16.2. The van der Waals surface area contributed by atoms with Gasteiger partial charge in [0.1, 0.15) is 34.2 Å². The van der Waals surface area contributed by atoms with Gasteiger partial charge in [0.2, 0.25) is 0 Å². The third kappa shape index (κ3) is 2.79. The van der Waals surface area contributed by atoms with Crippen LogP contribution in [-0.4, -0.2) is 51.1 Å². The van der Waals surface area contributed by atoms with E-state index in [0.717, 1.165) is 0 Å². The number of Topliss-reactive ketones (excluding diaryl/α,β-unsaturated/α-hetero) is 1. The number of hydrogen-bond acceptors (Lipinski definition) is 8. The summed E-state index contributed by atoms with van der Waals surface area (Å²) in [5.74, 6) is 0.806. The summed E-state index contributed by atoms with van der Waals surface area (Å²) in [5, 5.41) is 35.0. The van der Waals surface area contributed by atoms with E-state index in [9.17, 15) is 24.9 Å². The molecule has 1 aliphatic heterocycles. The molecule has 3 aliphatic rings. The van der Waals surface area contributed by atoms with E-state index >= 15 is 0 Å². The molecule has 1 aromatic carbocycles. The smallest absolute Gasteiger partial charge is 0.343 e. The largest absolute Gasteiger partial charge is 0.497 e. The number of ether oxygens (including phenoxy) is 2. The lowest BCUT2D eigenvalue weighted by Gasteiger charge is -2.69. The SMILES string of the molecule is COc1ccc(-c2cc3c(c(=O)o2)CC2(O)C(C)(CCC4(O)C(C)(C)C(O)CC(=O)C24C)O3)cc1. The van der Waals surface area contributed by atoms with Crippen LogP contribution in [0.3, 0.4) is 0 Å². The summed E-state index contributed by atoms with van der Waals surface area (Å²) >= 11 is 0. The molecule has 8 heteroatoms. The van der Waals surface area contributed by atoms with E-state index in [0.29, 0.717) is 17.1 Å². The number of aliphatic hydroxyl groups is 3. The third-order valence-corrected chi connectivity index (χ3v) is 9.48. The maximum Gasteiger partial charge on any atom is 0.343 e. The number of ketones is 1. The highest BCUT2D eigenvalue weighted by Crippen LogP contribution is 2.66. The molecule has 2 aliphatic carbocycles. The molecular formula is C27H32O8. The molecule has 5 atom stereocenters. The summed E-state index contributed by atoms with van der Waals surface area (Å²) in [7, 11) is 1.56. The molecule has 2 heterocycles. The number of carbonyl (C=O) groups excluding carboxylic acids is 1. The maximum absolute atomic E-state index is 13.5. The Hall–Kier alpha value is -2.68. The van der Waals surface area contributed by atoms with Crippen LogP contribution in [0.25, 0.3) is 11.3 Å². The lowest BCUT2D eigenvalue weighted by atomic mass is 9.39. The molecule has 2 fully saturated rings. The molecule has 5 rings (SSSR count). The Morgan fingerprint density at radius 2 is 1.66 bits per heavy atom. The van der Waals surface area contributed by atoms with Gasteiger partial charge in [-0.2, -0.15) is 0 Å². The van der Waals surface area contributed by atoms with Gasteiger partial charge in [0.25, 0.3) is 0 Å². The van der Waals surface area contributed by atoms with Crippen molar-refractivity contribution in [2.75, 3.05) is 7.11 Å². The fourth-order valence-electron chi connectivity index (χ4n) is 6.73. The van der Waals surface area contributed by atoms with E-state index < -0.39 is 45.1 Å². The first-order valence-corrected chi connectivity index (χ1v) is 11.9. The minimum Gasteiger partial charge on any atom is -0.497 e. The normalized spacial score (nSPS) is 37.5. The Balaban J connectivity index is 1.65. The zero-order chi connectivity index (χ0) is 25.6. The molecule has 1 aromatic heterocycles. The molecule has 35 heavy (non-hydrogen) atoms. The minimum atomic E-state index is -1.91. The van der Waals surface area contributed by atoms with Gasteiger partial charge < -0.3 is 29.2 Å². The highest BCUT2D eigenvalue weighted by Gasteiger charge is 2.79. The van der Waals surface area contributed by atoms with Crippen molar-refractivity contribution in [1.82, 2.24) is 0 Å². The first-order valence-electron chi connectivity index (χ1n) is 11.9. The number of fused-ring (bicyclic) bond motifs is 4. The van der Waals surface area contributed by atoms with Gasteiger partial charge in [0.05, 0.1) is 29.8 Å². The predicted octanol–water partition coefficient (Wildman–Crippen LogP) is 2.63. The number of carbonyl (C=O) groups is 1. The Labute approximate surface area is 203 Å². The summed E-state index contributed by atoms with van der Waals surface area (Å²) in [6, 6.07) is 8.66. The Kier molecular flexibility index (Phi) is 4.93. The number of rotatable bonds is 2. The van der Waals surface area contributed by atoms with E-state index in [1.807, 2.05) is 0 Å². The maximum atomic E-state index is 13.5. The second-order valence-corrected chi connectivity index (χ2v) is 11.2. The molecule has 0 radical (unpaired) electrons. The summed E-state index contributed by atoms with van der Waals surface area (Å²) in [6.07, 6.45) is -1.13. The average molecular weight is 485 g/mol. The number of methoxy groups -OCH3 is 1. The molecular weight excluding hydrogens is 452 g/mol. The summed E-state index contributed by atoms with van der Waals surface area (Å²) in [4.78, 5) is 26.6. The fraction of sp³-hybridized carbons (Fsp3) is 0.556. The van der Waals surface area contributed by atoms with Gasteiger partial charge >= 0.3 is 5.63 Å². The van der Waals surface area contributed by atoms with Crippen molar-refractivity contribution < 1.29 is 34.0 Å². The minimum absolute atomic E-state index is 0.115. The second kappa shape index (κ2) is 7.18. The second-order valence-electron chi connectivity index (χ2n) is 11.2. The molecule has 5 unspecified atom stereocenters. The van der Waals surface area contributed by atoms with E-state index in [1.54, 1.807) is 65.1 Å². The lowest BCUT2D eigenvalue weighted by Crippen LogP contribution is -2.83. The fourth-order valence-corrected chi connectivity index (χ4v) is 6.73. The molecule has 0 amide bonds. The summed E-state index contributed by atoms with van der Waals surface area (Å²) in [6.45, 7) is 6.68. The van der Waals surface area contributed by atoms with Gasteiger partial charge in [-0.3, -0.25) is 4.79 Å². The monoisotopic (exact) mass is 484 g/mol. The van der Waals surface area contributed by atoms with Crippen LogP contribution in [0.4, 0.5) is 0 Å². The molecule has 0 bridgehead atoms. The lowest BCUT2D eigenvalue weighted by molar-refractivity contribution is -0.321. The van der Waals surface area contributed by atoms with Crippen LogP contribution in [0.5, 0.6) is 11.5 Å². The van der Waals surface area contributed by atoms with Crippen molar-refractivity contribution in [2.45, 2.75) is 76.3 Å². The van der Waals surface area contributed by atoms with E-state index in [-0.39, 0.29) is 37.0 Å². The van der Waals surface area contributed by atoms with Crippen LogP contribution in [0.1, 0.15) is 52.5 Å². The van der Waals surface area contributed by atoms with Crippen LogP contribution < -0.4 is 15.1 Å². The van der Waals surface area contributed by atoms with Crippen molar-refractivity contribution in [2.24, 2.45) is 10.8 Å². The van der Waals surface area contributed by atoms with Crippen molar-refractivity contribution >= 4 is 5.78 Å². The molecule has 0 saturated heterocycles. The highest BCUT2D eigenvalue weighted by molar-refractivity contribution is 5.90. The van der Waals surface area contributed by atoms with Gasteiger partial charge in [-0.05, 0) is 51.0 Å². The van der Waals surface area contributed by atoms with Crippen LogP contribution in [-0.2, 0) is 11.2 Å². The van der Waals surface area contributed by atoms with Crippen molar-refractivity contribution in [3.05, 3.63) is 46.3 Å². The first kappa shape index (κ1) is 24.0. The molecule has 3 N–H and O–H groups in total. The van der Waals surface area contributed by atoms with Crippen LogP contribution in [0.2, 0.25) is 0 Å². The topological polar surface area (TPSA) is 126 Å². The Morgan fingerprint density at radius 1 is 1.00 bits per heavy atom. The van der Waals surface area contributed by atoms with Crippen LogP contribution in [0, 0.1) is 10.8 Å². The van der Waals surface area contributed by atoms with Crippen molar-refractivity contribution in [1.29, 1.82) is 0 Å². The third-order valence-electron chi connectivity index (χ3n) is 9.48. The Morgan fingerprint density at radius 3 is 2.29 bits per heavy atom. The van der Waals surface area contributed by atoms with Crippen LogP contribution >= 0.6 is 0 Å². The van der Waals surface area contributed by atoms with E-state index in [4.69, 9.17) is 13.9 Å². The standard InChI is InChI=1S/C27H32O8/c1-23(2)20(28)13-21(29)25(4)26(23,31)11-10-24(3)27(25,32)14-17-19(35-24)12-18(34-22(17)30)15-6-8-16(33-5)9-7-15/h6-9,12,20,28,31-32H,10-11,13-14H2,1-5H3. The van der Waals surface area contributed by atoms with Gasteiger partial charge in [-0.15, -0.1) is 0 Å². The Bertz CT molecular complexity index is 1260. The van der Waals surface area contributed by atoms with Gasteiger partial charge in [-0.25, -0.2) is 4.79 Å². The molecule has 2 saturated carbocycles. The van der Waals surface area contributed by atoms with Crippen molar-refractivity contribution in [3.8, 4) is 22.8 Å². The zero-order valence-electron chi connectivity index (χ0n) is 20.7. The zero-order valence-corrected chi connectivity index (χ0v) is 20.7. The molecule has 0 spiro atoms.